The average molecular weight is 462 g/mol. The maximum Gasteiger partial charge on any atom is 0.260 e. The summed E-state index contributed by atoms with van der Waals surface area (Å²) in [6.45, 7) is 0.394. The molecule has 0 saturated carbocycles. The predicted octanol–water partition coefficient (Wildman–Crippen LogP) is 4.67. The van der Waals surface area contributed by atoms with Gasteiger partial charge in [0.15, 0.2) is 0 Å². The third kappa shape index (κ3) is 4.30. The SMILES string of the molecule is NC1OC1c1ccc(NC(=O)c2cc3ccc(F)cc3nc2N2CCCC(F)(F)CC2)s1. The van der Waals surface area contributed by atoms with Crippen LogP contribution in [0.1, 0.15) is 40.6 Å². The molecule has 3 aromatic rings. The number of nitrogens with one attached hydrogen (secondary N) is 1. The summed E-state index contributed by atoms with van der Waals surface area (Å²) in [5.41, 5.74) is 6.32. The number of nitrogens with zero attached hydrogens (tertiary/aromatic N) is 2. The highest BCUT2D eigenvalue weighted by Crippen LogP contribution is 2.40. The number of aromatic nitrogens is 1. The minimum atomic E-state index is -2.75. The highest BCUT2D eigenvalue weighted by atomic mass is 32.1. The molecule has 0 radical (unpaired) electrons. The zero-order chi connectivity index (χ0) is 22.5. The van der Waals surface area contributed by atoms with Gasteiger partial charge in [0.1, 0.15) is 24.0 Å². The van der Waals surface area contributed by atoms with E-state index >= 15 is 0 Å². The molecule has 0 spiro atoms. The highest BCUT2D eigenvalue weighted by molar-refractivity contribution is 7.16. The minimum absolute atomic E-state index is 0.0567. The number of pyridine rings is 1. The van der Waals surface area contributed by atoms with Gasteiger partial charge in [0, 0.05) is 42.3 Å². The quantitative estimate of drug-likeness (QED) is 0.551. The Labute approximate surface area is 186 Å². The number of nitrogens with two attached hydrogens (primary N) is 1. The molecule has 3 N–H and O–H groups in total. The molecule has 2 saturated heterocycles. The zero-order valence-electron chi connectivity index (χ0n) is 17.0. The Morgan fingerprint density at radius 2 is 2.03 bits per heavy atom. The first kappa shape index (κ1) is 21.2. The maximum absolute atomic E-state index is 13.9. The number of fused-ring (bicyclic) bond motifs is 1. The molecule has 2 atom stereocenters. The fourth-order valence-corrected chi connectivity index (χ4v) is 4.89. The van der Waals surface area contributed by atoms with Gasteiger partial charge in [-0.15, -0.1) is 11.3 Å². The van der Waals surface area contributed by atoms with E-state index in [1.807, 2.05) is 6.07 Å². The van der Waals surface area contributed by atoms with Gasteiger partial charge in [-0.1, -0.05) is 0 Å². The third-order valence-corrected chi connectivity index (χ3v) is 6.75. The first-order chi connectivity index (χ1) is 15.3. The largest absolute Gasteiger partial charge is 0.356 e. The van der Waals surface area contributed by atoms with Crippen LogP contribution in [0.2, 0.25) is 0 Å². The fourth-order valence-electron chi connectivity index (χ4n) is 3.92. The van der Waals surface area contributed by atoms with Gasteiger partial charge >= 0.3 is 0 Å². The number of epoxide rings is 1. The first-order valence-corrected chi connectivity index (χ1v) is 11.2. The van der Waals surface area contributed by atoms with Crippen molar-refractivity contribution in [2.45, 2.75) is 37.5 Å². The van der Waals surface area contributed by atoms with Gasteiger partial charge in [-0.2, -0.15) is 0 Å². The van der Waals surface area contributed by atoms with Crippen LogP contribution in [-0.2, 0) is 4.74 Å². The van der Waals surface area contributed by atoms with E-state index in [0.29, 0.717) is 22.4 Å². The molecule has 4 heterocycles. The van der Waals surface area contributed by atoms with E-state index in [1.54, 1.807) is 23.1 Å². The third-order valence-electron chi connectivity index (χ3n) is 5.69. The maximum atomic E-state index is 13.9. The summed E-state index contributed by atoms with van der Waals surface area (Å²) in [6.07, 6.45) is -0.747. The van der Waals surface area contributed by atoms with Crippen molar-refractivity contribution < 1.29 is 22.7 Å². The molecule has 2 unspecified atom stereocenters. The van der Waals surface area contributed by atoms with Crippen molar-refractivity contribution in [2.24, 2.45) is 5.73 Å². The summed E-state index contributed by atoms with van der Waals surface area (Å²) in [4.78, 5) is 20.3. The Bertz CT molecular complexity index is 1190. The molecule has 168 valence electrons. The van der Waals surface area contributed by atoms with Crippen LogP contribution in [0.3, 0.4) is 0 Å². The molecule has 2 aliphatic rings. The summed E-state index contributed by atoms with van der Waals surface area (Å²) in [5.74, 6) is -3.34. The van der Waals surface area contributed by atoms with Crippen molar-refractivity contribution in [3.63, 3.8) is 0 Å². The molecule has 2 aromatic heterocycles. The Morgan fingerprint density at radius 1 is 1.22 bits per heavy atom. The number of hydrogen-bond acceptors (Lipinski definition) is 6. The molecule has 1 amide bonds. The van der Waals surface area contributed by atoms with Crippen LogP contribution in [0, 0.1) is 5.82 Å². The topological polar surface area (TPSA) is 83.8 Å². The summed E-state index contributed by atoms with van der Waals surface area (Å²) < 4.78 is 46.9. The number of benzene rings is 1. The van der Waals surface area contributed by atoms with Crippen molar-refractivity contribution in [1.82, 2.24) is 4.98 Å². The van der Waals surface area contributed by atoms with Gasteiger partial charge in [0.05, 0.1) is 16.1 Å². The Kier molecular flexibility index (Phi) is 5.31. The molecule has 10 heteroatoms. The Morgan fingerprint density at radius 3 is 2.81 bits per heavy atom. The molecule has 0 aliphatic carbocycles. The van der Waals surface area contributed by atoms with Crippen molar-refractivity contribution in [3.8, 4) is 0 Å². The number of thiophene rings is 1. The van der Waals surface area contributed by atoms with E-state index in [4.69, 9.17) is 10.5 Å². The molecule has 0 bridgehead atoms. The monoisotopic (exact) mass is 462 g/mol. The van der Waals surface area contributed by atoms with Crippen LogP contribution in [0.4, 0.5) is 24.0 Å². The number of carbonyl (C=O) groups excluding carboxylic acids is 1. The second-order valence-electron chi connectivity index (χ2n) is 8.07. The molecule has 2 fully saturated rings. The molecule has 5 rings (SSSR count). The molecule has 1 aromatic carbocycles. The average Bonchev–Trinajstić information content (AvgIpc) is 3.35. The number of halogens is 3. The van der Waals surface area contributed by atoms with Gasteiger partial charge < -0.3 is 20.7 Å². The van der Waals surface area contributed by atoms with Crippen molar-refractivity contribution in [3.05, 3.63) is 52.7 Å². The second kappa shape index (κ2) is 8.02. The zero-order valence-corrected chi connectivity index (χ0v) is 17.8. The fraction of sp³-hybridized carbons (Fsp3) is 0.364. The first-order valence-electron chi connectivity index (χ1n) is 10.3. The summed E-state index contributed by atoms with van der Waals surface area (Å²) >= 11 is 1.36. The Balaban J connectivity index is 1.48. The van der Waals surface area contributed by atoms with Crippen LogP contribution in [-0.4, -0.2) is 36.1 Å². The number of ether oxygens (including phenoxy) is 1. The lowest BCUT2D eigenvalue weighted by Gasteiger charge is -2.24. The normalized spacial score (nSPS) is 22.6. The van der Waals surface area contributed by atoms with Gasteiger partial charge in [-0.05, 0) is 36.8 Å². The van der Waals surface area contributed by atoms with E-state index in [2.05, 4.69) is 10.3 Å². The predicted molar refractivity (Wildman–Crippen MR) is 117 cm³/mol. The van der Waals surface area contributed by atoms with Crippen LogP contribution >= 0.6 is 11.3 Å². The van der Waals surface area contributed by atoms with Gasteiger partial charge in [0.2, 0.25) is 5.92 Å². The van der Waals surface area contributed by atoms with Crippen LogP contribution in [0.15, 0.2) is 36.4 Å². The van der Waals surface area contributed by atoms with E-state index < -0.39 is 17.6 Å². The van der Waals surface area contributed by atoms with E-state index in [9.17, 15) is 18.0 Å². The minimum Gasteiger partial charge on any atom is -0.356 e. The van der Waals surface area contributed by atoms with Crippen LogP contribution in [0.5, 0.6) is 0 Å². The number of rotatable bonds is 4. The summed E-state index contributed by atoms with van der Waals surface area (Å²) in [6, 6.07) is 9.35. The van der Waals surface area contributed by atoms with Crippen molar-refractivity contribution in [1.29, 1.82) is 0 Å². The molecule has 2 aliphatic heterocycles. The number of carbonyl (C=O) groups is 1. The molecular weight excluding hydrogens is 441 g/mol. The van der Waals surface area contributed by atoms with Gasteiger partial charge in [0.25, 0.3) is 5.91 Å². The van der Waals surface area contributed by atoms with Gasteiger partial charge in [-0.25, -0.2) is 18.2 Å². The lowest BCUT2D eigenvalue weighted by Crippen LogP contribution is -2.29. The molecule has 32 heavy (non-hydrogen) atoms. The number of anilines is 2. The van der Waals surface area contributed by atoms with E-state index in [0.717, 1.165) is 4.88 Å². The number of hydrogen-bond donors (Lipinski definition) is 2. The van der Waals surface area contributed by atoms with Crippen LogP contribution in [0.25, 0.3) is 10.9 Å². The summed E-state index contributed by atoms with van der Waals surface area (Å²) in [7, 11) is 0. The lowest BCUT2D eigenvalue weighted by molar-refractivity contribution is -0.0102. The van der Waals surface area contributed by atoms with Crippen LogP contribution < -0.4 is 16.0 Å². The van der Waals surface area contributed by atoms with Gasteiger partial charge in [-0.3, -0.25) is 4.79 Å². The van der Waals surface area contributed by atoms with Crippen molar-refractivity contribution in [2.75, 3.05) is 23.3 Å². The number of alkyl halides is 2. The van der Waals surface area contributed by atoms with Crippen molar-refractivity contribution >= 4 is 39.0 Å². The molecular formula is C22H21F3N4O2S. The smallest absolute Gasteiger partial charge is 0.260 e. The highest BCUT2D eigenvalue weighted by Gasteiger charge is 2.38. The second-order valence-corrected chi connectivity index (χ2v) is 9.19. The summed E-state index contributed by atoms with van der Waals surface area (Å²) in [5, 5.41) is 4.06. The van der Waals surface area contributed by atoms with E-state index in [1.165, 1.54) is 23.5 Å². The Hall–Kier alpha value is -2.69. The van der Waals surface area contributed by atoms with E-state index in [-0.39, 0.29) is 49.5 Å². The lowest BCUT2D eigenvalue weighted by atomic mass is 10.1. The number of amides is 1. The molecule has 6 nitrogen and oxygen atoms in total. The standard InChI is InChI=1S/C22H21F3N4O2S/c23-13-3-2-12-10-14(21(30)28-17-5-4-16(32-17)18-19(26)31-18)20(27-15(12)11-13)29-8-1-6-22(24,25)7-9-29/h2-5,10-11,18-19H,1,6-9,26H2,(H,28,30).